The molecule has 2 amide bonds. The van der Waals surface area contributed by atoms with E-state index in [1.54, 1.807) is 12.1 Å². The summed E-state index contributed by atoms with van der Waals surface area (Å²) < 4.78 is 13.0. The molecule has 0 aliphatic heterocycles. The zero-order valence-electron chi connectivity index (χ0n) is 10.7. The molecule has 1 aliphatic rings. The number of urea groups is 1. The number of halogens is 2. The van der Waals surface area contributed by atoms with Crippen LogP contribution in [0.15, 0.2) is 18.2 Å². The number of benzene rings is 1. The van der Waals surface area contributed by atoms with E-state index in [0.717, 1.165) is 18.4 Å². The standard InChI is InChI=1S/C14H18ClFN2O/c15-12-9-10(5-6-13(12)16)7-8-17-14(19)18-11-3-1-2-4-11/h5-6,9,11H,1-4,7-8H2,(H2,17,18,19). The maximum absolute atomic E-state index is 13.0. The highest BCUT2D eigenvalue weighted by Crippen LogP contribution is 2.17. The SMILES string of the molecule is O=C(NCCc1ccc(F)c(Cl)c1)NC1CCCC1. The monoisotopic (exact) mass is 284 g/mol. The maximum Gasteiger partial charge on any atom is 0.315 e. The third-order valence-corrected chi connectivity index (χ3v) is 3.66. The molecule has 0 spiro atoms. The fraction of sp³-hybridized carbons (Fsp3) is 0.500. The van der Waals surface area contributed by atoms with Crippen molar-refractivity contribution in [3.63, 3.8) is 0 Å². The van der Waals surface area contributed by atoms with Gasteiger partial charge in [0, 0.05) is 12.6 Å². The molecular formula is C14H18ClFN2O. The number of hydrogen-bond acceptors (Lipinski definition) is 1. The number of carbonyl (C=O) groups is 1. The van der Waals surface area contributed by atoms with E-state index in [9.17, 15) is 9.18 Å². The van der Waals surface area contributed by atoms with Crippen molar-refractivity contribution >= 4 is 17.6 Å². The third-order valence-electron chi connectivity index (χ3n) is 3.37. The van der Waals surface area contributed by atoms with E-state index < -0.39 is 5.82 Å². The van der Waals surface area contributed by atoms with Crippen LogP contribution in [0.5, 0.6) is 0 Å². The second-order valence-corrected chi connectivity index (χ2v) is 5.29. The Balaban J connectivity index is 1.70. The lowest BCUT2D eigenvalue weighted by molar-refractivity contribution is 0.237. The number of rotatable bonds is 4. The highest BCUT2D eigenvalue weighted by molar-refractivity contribution is 6.30. The summed E-state index contributed by atoms with van der Waals surface area (Å²) >= 11 is 5.69. The molecule has 0 bridgehead atoms. The number of hydrogen-bond donors (Lipinski definition) is 2. The Morgan fingerprint density at radius 3 is 2.79 bits per heavy atom. The smallest absolute Gasteiger partial charge is 0.315 e. The average Bonchev–Trinajstić information content (AvgIpc) is 2.86. The van der Waals surface area contributed by atoms with Gasteiger partial charge in [-0.1, -0.05) is 30.5 Å². The van der Waals surface area contributed by atoms with Gasteiger partial charge in [-0.05, 0) is 37.0 Å². The van der Waals surface area contributed by atoms with Crippen LogP contribution in [0.3, 0.4) is 0 Å². The van der Waals surface area contributed by atoms with E-state index in [4.69, 9.17) is 11.6 Å². The van der Waals surface area contributed by atoms with Crippen LogP contribution in [-0.2, 0) is 6.42 Å². The molecule has 1 saturated carbocycles. The molecule has 19 heavy (non-hydrogen) atoms. The molecule has 0 unspecified atom stereocenters. The Kier molecular flexibility index (Phi) is 5.02. The number of nitrogens with one attached hydrogen (secondary N) is 2. The molecule has 1 aromatic carbocycles. The minimum Gasteiger partial charge on any atom is -0.338 e. The number of amides is 2. The maximum atomic E-state index is 13.0. The first-order valence-electron chi connectivity index (χ1n) is 6.63. The number of carbonyl (C=O) groups excluding carboxylic acids is 1. The second kappa shape index (κ2) is 6.75. The van der Waals surface area contributed by atoms with Gasteiger partial charge in [-0.2, -0.15) is 0 Å². The molecule has 0 aromatic heterocycles. The van der Waals surface area contributed by atoms with Gasteiger partial charge in [0.25, 0.3) is 0 Å². The highest BCUT2D eigenvalue weighted by Gasteiger charge is 2.16. The molecule has 0 heterocycles. The third kappa shape index (κ3) is 4.39. The van der Waals surface area contributed by atoms with Crippen molar-refractivity contribution in [1.29, 1.82) is 0 Å². The first kappa shape index (κ1) is 14.1. The van der Waals surface area contributed by atoms with Gasteiger partial charge >= 0.3 is 6.03 Å². The molecule has 3 nitrogen and oxygen atoms in total. The minimum atomic E-state index is -0.419. The first-order chi connectivity index (χ1) is 9.15. The van der Waals surface area contributed by atoms with Crippen molar-refractivity contribution in [2.75, 3.05) is 6.54 Å². The average molecular weight is 285 g/mol. The van der Waals surface area contributed by atoms with Crippen molar-refractivity contribution in [3.8, 4) is 0 Å². The second-order valence-electron chi connectivity index (χ2n) is 4.88. The van der Waals surface area contributed by atoms with Crippen LogP contribution in [0.25, 0.3) is 0 Å². The zero-order valence-corrected chi connectivity index (χ0v) is 11.5. The van der Waals surface area contributed by atoms with E-state index in [-0.39, 0.29) is 11.1 Å². The van der Waals surface area contributed by atoms with E-state index in [1.807, 2.05) is 0 Å². The van der Waals surface area contributed by atoms with Crippen LogP contribution in [0.4, 0.5) is 9.18 Å². The summed E-state index contributed by atoms with van der Waals surface area (Å²) in [6.45, 7) is 0.514. The van der Waals surface area contributed by atoms with Gasteiger partial charge in [0.15, 0.2) is 0 Å². The predicted octanol–water partition coefficient (Wildman–Crippen LogP) is 3.26. The fourth-order valence-corrected chi connectivity index (χ4v) is 2.53. The van der Waals surface area contributed by atoms with Gasteiger partial charge in [0.05, 0.1) is 5.02 Å². The lowest BCUT2D eigenvalue weighted by atomic mass is 10.1. The molecule has 5 heteroatoms. The molecule has 104 valence electrons. The van der Waals surface area contributed by atoms with Crippen LogP contribution in [0, 0.1) is 5.82 Å². The van der Waals surface area contributed by atoms with Crippen molar-refractivity contribution in [3.05, 3.63) is 34.6 Å². The van der Waals surface area contributed by atoms with Gasteiger partial charge in [-0.3, -0.25) is 0 Å². The minimum absolute atomic E-state index is 0.118. The molecule has 0 radical (unpaired) electrons. The topological polar surface area (TPSA) is 41.1 Å². The van der Waals surface area contributed by atoms with E-state index in [2.05, 4.69) is 10.6 Å². The summed E-state index contributed by atoms with van der Waals surface area (Å²) in [6, 6.07) is 4.81. The molecule has 2 N–H and O–H groups in total. The zero-order chi connectivity index (χ0) is 13.7. The van der Waals surface area contributed by atoms with Crippen LogP contribution in [-0.4, -0.2) is 18.6 Å². The molecule has 2 rings (SSSR count). The van der Waals surface area contributed by atoms with Gasteiger partial charge in [-0.15, -0.1) is 0 Å². The summed E-state index contributed by atoms with van der Waals surface area (Å²) in [7, 11) is 0. The van der Waals surface area contributed by atoms with Crippen molar-refractivity contribution in [1.82, 2.24) is 10.6 Å². The molecule has 1 fully saturated rings. The quantitative estimate of drug-likeness (QED) is 0.875. The molecular weight excluding hydrogens is 267 g/mol. The summed E-state index contributed by atoms with van der Waals surface area (Å²) in [5, 5.41) is 5.87. The van der Waals surface area contributed by atoms with Crippen LogP contribution < -0.4 is 10.6 Å². The Labute approximate surface area is 117 Å². The van der Waals surface area contributed by atoms with Crippen molar-refractivity contribution in [2.24, 2.45) is 0 Å². The Morgan fingerprint density at radius 1 is 1.37 bits per heavy atom. The van der Waals surface area contributed by atoms with Gasteiger partial charge in [0.1, 0.15) is 5.82 Å². The summed E-state index contributed by atoms with van der Waals surface area (Å²) in [5.74, 6) is -0.419. The Bertz CT molecular complexity index is 447. The lowest BCUT2D eigenvalue weighted by Gasteiger charge is -2.12. The Hall–Kier alpha value is -1.29. The Morgan fingerprint density at radius 2 is 2.11 bits per heavy atom. The van der Waals surface area contributed by atoms with E-state index in [1.165, 1.54) is 18.9 Å². The molecule has 1 aromatic rings. The largest absolute Gasteiger partial charge is 0.338 e. The molecule has 0 atom stereocenters. The summed E-state index contributed by atoms with van der Waals surface area (Å²) in [6.07, 6.45) is 5.16. The fourth-order valence-electron chi connectivity index (χ4n) is 2.32. The summed E-state index contributed by atoms with van der Waals surface area (Å²) in [4.78, 5) is 11.6. The predicted molar refractivity (Wildman–Crippen MR) is 73.9 cm³/mol. The van der Waals surface area contributed by atoms with Crippen molar-refractivity contribution < 1.29 is 9.18 Å². The van der Waals surface area contributed by atoms with Crippen molar-refractivity contribution in [2.45, 2.75) is 38.1 Å². The molecule has 0 saturated heterocycles. The van der Waals surface area contributed by atoms with E-state index in [0.29, 0.717) is 19.0 Å². The normalized spacial score (nSPS) is 15.5. The molecule has 1 aliphatic carbocycles. The lowest BCUT2D eigenvalue weighted by Crippen LogP contribution is -2.41. The highest BCUT2D eigenvalue weighted by atomic mass is 35.5. The van der Waals surface area contributed by atoms with E-state index >= 15 is 0 Å². The van der Waals surface area contributed by atoms with Gasteiger partial charge < -0.3 is 10.6 Å². The van der Waals surface area contributed by atoms with Crippen LogP contribution in [0.2, 0.25) is 5.02 Å². The van der Waals surface area contributed by atoms with Gasteiger partial charge in [-0.25, -0.2) is 9.18 Å². The summed E-state index contributed by atoms with van der Waals surface area (Å²) in [5.41, 5.74) is 0.910. The first-order valence-corrected chi connectivity index (χ1v) is 7.01. The van der Waals surface area contributed by atoms with Crippen LogP contribution in [0.1, 0.15) is 31.2 Å². The van der Waals surface area contributed by atoms with Crippen LogP contribution >= 0.6 is 11.6 Å². The van der Waals surface area contributed by atoms with Gasteiger partial charge in [0.2, 0.25) is 0 Å².